The molecule has 8 heteroatoms. The molecule has 3 aromatic rings. The van der Waals surface area contributed by atoms with Gasteiger partial charge in [0.15, 0.2) is 18.1 Å². The minimum Gasteiger partial charge on any atom is -0.493 e. The minimum atomic E-state index is -0.539. The fourth-order valence-electron chi connectivity index (χ4n) is 3.19. The monoisotopic (exact) mass is 494 g/mol. The number of carbonyl (C=O) groups is 2. The Hall–Kier alpha value is -3.84. The number of aryl methyl sites for hydroxylation is 1. The van der Waals surface area contributed by atoms with Gasteiger partial charge >= 0.3 is 5.97 Å². The Morgan fingerprint density at radius 1 is 1.00 bits per heavy atom. The van der Waals surface area contributed by atoms with E-state index in [-0.39, 0.29) is 18.3 Å². The van der Waals surface area contributed by atoms with Crippen LogP contribution in [0.25, 0.3) is 0 Å². The van der Waals surface area contributed by atoms with Gasteiger partial charge < -0.3 is 14.2 Å². The van der Waals surface area contributed by atoms with Crippen molar-refractivity contribution in [1.82, 2.24) is 5.43 Å². The molecule has 7 nitrogen and oxygen atoms in total. The van der Waals surface area contributed by atoms with Crippen LogP contribution in [0.15, 0.2) is 65.8 Å². The Morgan fingerprint density at radius 2 is 1.74 bits per heavy atom. The average molecular weight is 495 g/mol. The third-order valence-electron chi connectivity index (χ3n) is 5.02. The molecule has 0 heterocycles. The Bertz CT molecular complexity index is 1220. The molecule has 182 valence electrons. The van der Waals surface area contributed by atoms with Gasteiger partial charge in [-0.25, -0.2) is 10.2 Å². The number of methoxy groups -OCH3 is 1. The van der Waals surface area contributed by atoms with Gasteiger partial charge in [0.2, 0.25) is 0 Å². The van der Waals surface area contributed by atoms with E-state index in [0.717, 1.165) is 11.1 Å². The lowest BCUT2D eigenvalue weighted by Gasteiger charge is -2.14. The number of benzene rings is 3. The zero-order valence-electron chi connectivity index (χ0n) is 20.0. The van der Waals surface area contributed by atoms with Crippen molar-refractivity contribution in [1.29, 1.82) is 0 Å². The summed E-state index contributed by atoms with van der Waals surface area (Å²) in [4.78, 5) is 24.5. The Labute approximate surface area is 209 Å². The van der Waals surface area contributed by atoms with E-state index in [0.29, 0.717) is 27.6 Å². The van der Waals surface area contributed by atoms with Crippen LogP contribution in [0.5, 0.6) is 17.2 Å². The van der Waals surface area contributed by atoms with Crippen molar-refractivity contribution in [2.75, 3.05) is 13.7 Å². The molecule has 0 aromatic heterocycles. The highest BCUT2D eigenvalue weighted by molar-refractivity contribution is 6.30. The number of rotatable bonds is 9. The number of ether oxygens (including phenoxy) is 3. The summed E-state index contributed by atoms with van der Waals surface area (Å²) in [5.74, 6) is 0.622. The van der Waals surface area contributed by atoms with Crippen LogP contribution < -0.4 is 19.6 Å². The molecule has 3 rings (SSSR count). The van der Waals surface area contributed by atoms with E-state index in [1.807, 2.05) is 25.1 Å². The van der Waals surface area contributed by atoms with Crippen LogP contribution in [0, 0.1) is 6.92 Å². The molecule has 3 aromatic carbocycles. The molecule has 0 fully saturated rings. The second kappa shape index (κ2) is 12.0. The van der Waals surface area contributed by atoms with Gasteiger partial charge in [0.25, 0.3) is 5.91 Å². The maximum Gasteiger partial charge on any atom is 0.343 e. The quantitative estimate of drug-likeness (QED) is 0.183. The number of halogens is 1. The highest BCUT2D eigenvalue weighted by Crippen LogP contribution is 2.29. The second-order valence-electron chi connectivity index (χ2n) is 8.08. The normalized spacial score (nSPS) is 10.9. The molecule has 35 heavy (non-hydrogen) atoms. The topological polar surface area (TPSA) is 86.2 Å². The van der Waals surface area contributed by atoms with Crippen molar-refractivity contribution in [2.24, 2.45) is 5.10 Å². The zero-order valence-corrected chi connectivity index (χ0v) is 20.8. The van der Waals surface area contributed by atoms with E-state index in [4.69, 9.17) is 25.8 Å². The third-order valence-corrected chi connectivity index (χ3v) is 5.27. The molecule has 1 amide bonds. The summed E-state index contributed by atoms with van der Waals surface area (Å²) in [6, 6.07) is 17.2. The lowest BCUT2D eigenvalue weighted by molar-refractivity contribution is -0.123. The van der Waals surface area contributed by atoms with Crippen molar-refractivity contribution in [3.63, 3.8) is 0 Å². The standard InChI is InChI=1S/C27H27ClN2O5/c1-17(2)22-11-5-18(3)13-24(22)34-16-26(31)30-29-15-19-6-12-23(25(14-19)33-4)35-27(32)20-7-9-21(28)10-8-20/h5-15,17H,16H2,1-4H3,(H,30,31)/b29-15-. The van der Waals surface area contributed by atoms with Crippen LogP contribution in [0.1, 0.15) is 46.8 Å². The molecule has 0 saturated carbocycles. The molecule has 0 spiro atoms. The third kappa shape index (κ3) is 7.32. The van der Waals surface area contributed by atoms with Crippen molar-refractivity contribution in [2.45, 2.75) is 26.7 Å². The van der Waals surface area contributed by atoms with E-state index >= 15 is 0 Å². The van der Waals surface area contributed by atoms with Crippen LogP contribution in [-0.4, -0.2) is 31.8 Å². The first-order valence-electron chi connectivity index (χ1n) is 11.0. The molecule has 0 aliphatic carbocycles. The highest BCUT2D eigenvalue weighted by Gasteiger charge is 2.13. The number of nitrogens with one attached hydrogen (secondary N) is 1. The predicted octanol–water partition coefficient (Wildman–Crippen LogP) is 5.53. The van der Waals surface area contributed by atoms with E-state index in [9.17, 15) is 9.59 Å². The number of hydrogen-bond acceptors (Lipinski definition) is 6. The summed E-state index contributed by atoms with van der Waals surface area (Å²) in [6.45, 7) is 5.95. The Balaban J connectivity index is 1.58. The number of hydrazone groups is 1. The summed E-state index contributed by atoms with van der Waals surface area (Å²) in [5.41, 5.74) is 5.53. The molecular weight excluding hydrogens is 468 g/mol. The van der Waals surface area contributed by atoms with Crippen LogP contribution in [0.2, 0.25) is 5.02 Å². The molecule has 0 aliphatic heterocycles. The van der Waals surface area contributed by atoms with Crippen LogP contribution >= 0.6 is 11.6 Å². The molecule has 0 radical (unpaired) electrons. The summed E-state index contributed by atoms with van der Waals surface area (Å²) < 4.78 is 16.5. The number of carbonyl (C=O) groups excluding carboxylic acids is 2. The highest BCUT2D eigenvalue weighted by atomic mass is 35.5. The van der Waals surface area contributed by atoms with E-state index in [1.165, 1.54) is 13.3 Å². The molecule has 0 saturated heterocycles. The first-order valence-corrected chi connectivity index (χ1v) is 11.4. The van der Waals surface area contributed by atoms with Gasteiger partial charge in [0.1, 0.15) is 5.75 Å². The smallest absolute Gasteiger partial charge is 0.343 e. The Kier molecular flexibility index (Phi) is 8.86. The molecule has 1 N–H and O–H groups in total. The van der Waals surface area contributed by atoms with Crippen molar-refractivity contribution in [3.8, 4) is 17.2 Å². The summed E-state index contributed by atoms with van der Waals surface area (Å²) in [7, 11) is 1.46. The van der Waals surface area contributed by atoms with Gasteiger partial charge in [-0.05, 0) is 78.1 Å². The second-order valence-corrected chi connectivity index (χ2v) is 8.52. The summed E-state index contributed by atoms with van der Waals surface area (Å²) in [6.07, 6.45) is 1.46. The van der Waals surface area contributed by atoms with Gasteiger partial charge in [-0.1, -0.05) is 37.6 Å². The predicted molar refractivity (Wildman–Crippen MR) is 136 cm³/mol. The van der Waals surface area contributed by atoms with Crippen molar-refractivity contribution < 1.29 is 23.8 Å². The fourth-order valence-corrected chi connectivity index (χ4v) is 3.32. The molecule has 0 bridgehead atoms. The Morgan fingerprint density at radius 3 is 2.43 bits per heavy atom. The summed E-state index contributed by atoms with van der Waals surface area (Å²) >= 11 is 5.85. The average Bonchev–Trinajstić information content (AvgIpc) is 2.83. The number of amides is 1. The lowest BCUT2D eigenvalue weighted by atomic mass is 10.0. The van der Waals surface area contributed by atoms with Crippen molar-refractivity contribution >= 4 is 29.7 Å². The first kappa shape index (κ1) is 25.8. The number of nitrogens with zero attached hydrogens (tertiary/aromatic N) is 1. The minimum absolute atomic E-state index is 0.163. The van der Waals surface area contributed by atoms with E-state index in [1.54, 1.807) is 42.5 Å². The van der Waals surface area contributed by atoms with Gasteiger partial charge in [-0.3, -0.25) is 4.79 Å². The zero-order chi connectivity index (χ0) is 25.4. The molecular formula is C27H27ClN2O5. The molecule has 0 unspecified atom stereocenters. The van der Waals surface area contributed by atoms with Crippen LogP contribution in [0.3, 0.4) is 0 Å². The fraction of sp³-hybridized carbons (Fsp3) is 0.222. The SMILES string of the molecule is COc1cc(/C=N\NC(=O)COc2cc(C)ccc2C(C)C)ccc1OC(=O)c1ccc(Cl)cc1. The van der Waals surface area contributed by atoms with Crippen LogP contribution in [-0.2, 0) is 4.79 Å². The largest absolute Gasteiger partial charge is 0.493 e. The lowest BCUT2D eigenvalue weighted by Crippen LogP contribution is -2.25. The van der Waals surface area contributed by atoms with Gasteiger partial charge in [-0.2, -0.15) is 5.10 Å². The van der Waals surface area contributed by atoms with Gasteiger partial charge in [-0.15, -0.1) is 0 Å². The van der Waals surface area contributed by atoms with Gasteiger partial charge in [0.05, 0.1) is 18.9 Å². The maximum absolute atomic E-state index is 12.4. The summed E-state index contributed by atoms with van der Waals surface area (Å²) in [5, 5.41) is 4.50. The molecule has 0 atom stereocenters. The van der Waals surface area contributed by atoms with Gasteiger partial charge in [0, 0.05) is 5.02 Å². The van der Waals surface area contributed by atoms with Crippen LogP contribution in [0.4, 0.5) is 0 Å². The van der Waals surface area contributed by atoms with Crippen molar-refractivity contribution in [3.05, 3.63) is 87.9 Å². The first-order chi connectivity index (χ1) is 16.8. The number of esters is 1. The van der Waals surface area contributed by atoms with E-state index in [2.05, 4.69) is 24.4 Å². The van der Waals surface area contributed by atoms with E-state index < -0.39 is 11.9 Å². The maximum atomic E-state index is 12.4. The molecule has 0 aliphatic rings. The number of hydrogen-bond donors (Lipinski definition) is 1.